The van der Waals surface area contributed by atoms with Gasteiger partial charge in [-0.25, -0.2) is 8.42 Å². The quantitative estimate of drug-likeness (QED) is 0.576. The molecular formula is C23H23N5O4S. The Morgan fingerprint density at radius 2 is 1.58 bits per heavy atom. The predicted molar refractivity (Wildman–Crippen MR) is 122 cm³/mol. The minimum absolute atomic E-state index is 0.0199. The zero-order chi connectivity index (χ0) is 23.3. The van der Waals surface area contributed by atoms with Crippen molar-refractivity contribution in [2.45, 2.75) is 23.8 Å². The number of anilines is 1. The van der Waals surface area contributed by atoms with Crippen molar-refractivity contribution in [2.24, 2.45) is 0 Å². The summed E-state index contributed by atoms with van der Waals surface area (Å²) in [7, 11) is -3.77. The number of aromatic nitrogens is 2. The van der Waals surface area contributed by atoms with Crippen LogP contribution in [0.15, 0.2) is 78.2 Å². The molecule has 170 valence electrons. The Labute approximate surface area is 191 Å². The molecule has 0 spiro atoms. The minimum atomic E-state index is -3.77. The number of likely N-dealkylation sites (tertiary alicyclic amines) is 1. The van der Waals surface area contributed by atoms with E-state index in [1.54, 1.807) is 35.4 Å². The Morgan fingerprint density at radius 1 is 0.879 bits per heavy atom. The molecule has 2 amide bonds. The molecule has 3 heterocycles. The summed E-state index contributed by atoms with van der Waals surface area (Å²) in [5.74, 6) is -0.344. The van der Waals surface area contributed by atoms with E-state index in [-0.39, 0.29) is 22.8 Å². The highest BCUT2D eigenvalue weighted by Crippen LogP contribution is 2.19. The number of benzene rings is 1. The standard InChI is InChI=1S/C23H23N5O4S/c29-22(18-2-1-11-25-16-18)26-19-9-14-28(15-10-19)23(30)17-3-5-21(6-4-17)33(31,32)27-20-7-12-24-13-8-20/h1-8,11-13,16,19H,9-10,14-15H2,(H,24,27)(H,26,29). The van der Waals surface area contributed by atoms with Crippen LogP contribution in [-0.2, 0) is 10.0 Å². The van der Waals surface area contributed by atoms with Gasteiger partial charge in [-0.05, 0) is 61.4 Å². The third-order valence-electron chi connectivity index (χ3n) is 5.39. The number of rotatable bonds is 6. The second kappa shape index (κ2) is 9.78. The van der Waals surface area contributed by atoms with E-state index >= 15 is 0 Å². The van der Waals surface area contributed by atoms with E-state index in [9.17, 15) is 18.0 Å². The van der Waals surface area contributed by atoms with Crippen LogP contribution in [0.1, 0.15) is 33.6 Å². The van der Waals surface area contributed by atoms with Crippen molar-refractivity contribution in [3.8, 4) is 0 Å². The van der Waals surface area contributed by atoms with Gasteiger partial charge in [-0.2, -0.15) is 0 Å². The van der Waals surface area contributed by atoms with Crippen LogP contribution < -0.4 is 10.0 Å². The lowest BCUT2D eigenvalue weighted by Gasteiger charge is -2.32. The number of pyridine rings is 2. The molecule has 3 aromatic rings. The second-order valence-corrected chi connectivity index (χ2v) is 9.33. The molecule has 0 bridgehead atoms. The number of hydrogen-bond donors (Lipinski definition) is 2. The molecule has 0 radical (unpaired) electrons. The Bertz CT molecular complexity index is 1210. The maximum atomic E-state index is 12.9. The number of nitrogens with one attached hydrogen (secondary N) is 2. The monoisotopic (exact) mass is 465 g/mol. The van der Waals surface area contributed by atoms with Gasteiger partial charge < -0.3 is 10.2 Å². The summed E-state index contributed by atoms with van der Waals surface area (Å²) in [5.41, 5.74) is 1.32. The highest BCUT2D eigenvalue weighted by Gasteiger charge is 2.25. The first-order valence-electron chi connectivity index (χ1n) is 10.5. The molecule has 0 saturated carbocycles. The van der Waals surface area contributed by atoms with Crippen molar-refractivity contribution in [3.05, 3.63) is 84.4 Å². The van der Waals surface area contributed by atoms with Crippen LogP contribution >= 0.6 is 0 Å². The van der Waals surface area contributed by atoms with E-state index in [1.165, 1.54) is 42.9 Å². The summed E-state index contributed by atoms with van der Waals surface area (Å²) < 4.78 is 27.6. The predicted octanol–water partition coefficient (Wildman–Crippen LogP) is 2.31. The second-order valence-electron chi connectivity index (χ2n) is 7.65. The summed E-state index contributed by atoms with van der Waals surface area (Å²) in [6.07, 6.45) is 7.39. The topological polar surface area (TPSA) is 121 Å². The van der Waals surface area contributed by atoms with E-state index in [2.05, 4.69) is 20.0 Å². The fraction of sp³-hybridized carbons (Fsp3) is 0.217. The van der Waals surface area contributed by atoms with Gasteiger partial charge in [-0.3, -0.25) is 24.3 Å². The van der Waals surface area contributed by atoms with E-state index in [1.807, 2.05) is 0 Å². The maximum Gasteiger partial charge on any atom is 0.261 e. The van der Waals surface area contributed by atoms with Crippen LogP contribution in [0.5, 0.6) is 0 Å². The molecule has 9 nitrogen and oxygen atoms in total. The zero-order valence-corrected chi connectivity index (χ0v) is 18.5. The van der Waals surface area contributed by atoms with Crippen molar-refractivity contribution >= 4 is 27.5 Å². The van der Waals surface area contributed by atoms with E-state index in [0.29, 0.717) is 42.7 Å². The van der Waals surface area contributed by atoms with Crippen molar-refractivity contribution in [2.75, 3.05) is 17.8 Å². The zero-order valence-electron chi connectivity index (χ0n) is 17.7. The average Bonchev–Trinajstić information content (AvgIpc) is 2.85. The largest absolute Gasteiger partial charge is 0.349 e. The van der Waals surface area contributed by atoms with Gasteiger partial charge in [-0.15, -0.1) is 0 Å². The minimum Gasteiger partial charge on any atom is -0.349 e. The van der Waals surface area contributed by atoms with Crippen LogP contribution in [-0.4, -0.2) is 54.2 Å². The van der Waals surface area contributed by atoms with E-state index in [0.717, 1.165) is 0 Å². The van der Waals surface area contributed by atoms with Crippen LogP contribution in [0.25, 0.3) is 0 Å². The molecule has 0 atom stereocenters. The number of carbonyl (C=O) groups excluding carboxylic acids is 2. The Kier molecular flexibility index (Phi) is 6.64. The summed E-state index contributed by atoms with van der Waals surface area (Å²) in [5, 5.41) is 2.98. The fourth-order valence-electron chi connectivity index (χ4n) is 3.59. The fourth-order valence-corrected chi connectivity index (χ4v) is 4.64. The Balaban J connectivity index is 1.33. The number of hydrogen-bond acceptors (Lipinski definition) is 6. The molecule has 10 heteroatoms. The Hall–Kier alpha value is -3.79. The molecule has 2 aromatic heterocycles. The van der Waals surface area contributed by atoms with Crippen molar-refractivity contribution < 1.29 is 18.0 Å². The summed E-state index contributed by atoms with van der Waals surface area (Å²) >= 11 is 0. The van der Waals surface area contributed by atoms with Gasteiger partial charge in [0.25, 0.3) is 21.8 Å². The van der Waals surface area contributed by atoms with Gasteiger partial charge >= 0.3 is 0 Å². The number of sulfonamides is 1. The summed E-state index contributed by atoms with van der Waals surface area (Å²) in [6, 6.07) is 12.4. The molecular weight excluding hydrogens is 442 g/mol. The molecule has 33 heavy (non-hydrogen) atoms. The number of piperidine rings is 1. The molecule has 1 saturated heterocycles. The lowest BCUT2D eigenvalue weighted by molar-refractivity contribution is 0.0698. The summed E-state index contributed by atoms with van der Waals surface area (Å²) in [6.45, 7) is 1.00. The van der Waals surface area contributed by atoms with Gasteiger partial charge in [0, 0.05) is 49.5 Å². The number of carbonyl (C=O) groups is 2. The number of nitrogens with zero attached hydrogens (tertiary/aromatic N) is 3. The third-order valence-corrected chi connectivity index (χ3v) is 6.78. The first kappa shape index (κ1) is 22.4. The number of amides is 2. The third kappa shape index (κ3) is 5.53. The highest BCUT2D eigenvalue weighted by molar-refractivity contribution is 7.92. The molecule has 2 N–H and O–H groups in total. The van der Waals surface area contributed by atoms with Gasteiger partial charge in [0.2, 0.25) is 0 Å². The molecule has 0 unspecified atom stereocenters. The highest BCUT2D eigenvalue weighted by atomic mass is 32.2. The maximum absolute atomic E-state index is 12.9. The van der Waals surface area contributed by atoms with Crippen molar-refractivity contribution in [1.29, 1.82) is 0 Å². The lowest BCUT2D eigenvalue weighted by atomic mass is 10.0. The van der Waals surface area contributed by atoms with Crippen LogP contribution in [0.4, 0.5) is 5.69 Å². The van der Waals surface area contributed by atoms with E-state index < -0.39 is 10.0 Å². The molecule has 4 rings (SSSR count). The first-order valence-corrected chi connectivity index (χ1v) is 11.9. The van der Waals surface area contributed by atoms with Gasteiger partial charge in [0.1, 0.15) is 0 Å². The Morgan fingerprint density at radius 3 is 2.21 bits per heavy atom. The normalized spacial score (nSPS) is 14.5. The lowest BCUT2D eigenvalue weighted by Crippen LogP contribution is -2.46. The summed E-state index contributed by atoms with van der Waals surface area (Å²) in [4.78, 5) is 34.7. The van der Waals surface area contributed by atoms with Crippen LogP contribution in [0.3, 0.4) is 0 Å². The SMILES string of the molecule is O=C(NC1CCN(C(=O)c2ccc(S(=O)(=O)Nc3ccncc3)cc2)CC1)c1cccnc1. The molecule has 1 aromatic carbocycles. The van der Waals surface area contributed by atoms with Crippen LogP contribution in [0.2, 0.25) is 0 Å². The molecule has 1 fully saturated rings. The van der Waals surface area contributed by atoms with Crippen molar-refractivity contribution in [1.82, 2.24) is 20.2 Å². The van der Waals surface area contributed by atoms with Gasteiger partial charge in [0.05, 0.1) is 16.1 Å². The molecule has 1 aliphatic rings. The van der Waals surface area contributed by atoms with Crippen molar-refractivity contribution in [3.63, 3.8) is 0 Å². The van der Waals surface area contributed by atoms with E-state index in [4.69, 9.17) is 0 Å². The van der Waals surface area contributed by atoms with Gasteiger partial charge in [0.15, 0.2) is 0 Å². The van der Waals surface area contributed by atoms with Gasteiger partial charge in [-0.1, -0.05) is 0 Å². The molecule has 1 aliphatic heterocycles. The average molecular weight is 466 g/mol. The smallest absolute Gasteiger partial charge is 0.261 e. The van der Waals surface area contributed by atoms with Crippen LogP contribution in [0, 0.1) is 0 Å². The molecule has 0 aliphatic carbocycles. The first-order chi connectivity index (χ1) is 15.9.